The van der Waals surface area contributed by atoms with E-state index in [1.165, 1.54) is 38.5 Å². The lowest BCUT2D eigenvalue weighted by Crippen LogP contribution is -2.59. The summed E-state index contributed by atoms with van der Waals surface area (Å²) in [6.07, 6.45) is 8.56. The van der Waals surface area contributed by atoms with Gasteiger partial charge in [-0.05, 0) is 27.2 Å². The molecule has 0 bridgehead atoms. The minimum absolute atomic E-state index is 0.151. The summed E-state index contributed by atoms with van der Waals surface area (Å²) >= 11 is 0. The van der Waals surface area contributed by atoms with Gasteiger partial charge in [-0.1, -0.05) is 39.0 Å². The maximum Gasteiger partial charge on any atom is 0.0678 e. The standard InChI is InChI=1S/C16H34N2O/c1-5-6-7-8-9-10-16(4,13-17)18-11-14(2)19-15(3)12-18/h14-15H,5-13,17H2,1-4H3/t14-,15+,16?. The van der Waals surface area contributed by atoms with Gasteiger partial charge in [0.25, 0.3) is 0 Å². The first-order valence-electron chi connectivity index (χ1n) is 8.12. The van der Waals surface area contributed by atoms with Gasteiger partial charge >= 0.3 is 0 Å². The van der Waals surface area contributed by atoms with Gasteiger partial charge in [0.15, 0.2) is 0 Å². The summed E-state index contributed by atoms with van der Waals surface area (Å²) in [6.45, 7) is 11.7. The molecule has 1 aliphatic heterocycles. The molecule has 0 saturated carbocycles. The number of ether oxygens (including phenoxy) is 1. The molecule has 0 amide bonds. The first-order chi connectivity index (χ1) is 9.01. The number of hydrogen-bond donors (Lipinski definition) is 1. The average molecular weight is 270 g/mol. The second-order valence-corrected chi connectivity index (χ2v) is 6.53. The monoisotopic (exact) mass is 270 g/mol. The molecule has 0 aromatic heterocycles. The summed E-state index contributed by atoms with van der Waals surface area (Å²) in [6, 6.07) is 0. The van der Waals surface area contributed by atoms with E-state index in [4.69, 9.17) is 10.5 Å². The van der Waals surface area contributed by atoms with E-state index in [9.17, 15) is 0 Å². The van der Waals surface area contributed by atoms with Gasteiger partial charge < -0.3 is 10.5 Å². The molecule has 0 aliphatic carbocycles. The maximum absolute atomic E-state index is 6.09. The van der Waals surface area contributed by atoms with Crippen molar-refractivity contribution in [2.24, 2.45) is 5.73 Å². The Hall–Kier alpha value is -0.120. The van der Waals surface area contributed by atoms with Gasteiger partial charge in [0.05, 0.1) is 12.2 Å². The summed E-state index contributed by atoms with van der Waals surface area (Å²) in [5, 5.41) is 0. The number of rotatable bonds is 8. The van der Waals surface area contributed by atoms with Gasteiger partial charge in [-0.2, -0.15) is 0 Å². The van der Waals surface area contributed by atoms with Crippen LogP contribution < -0.4 is 5.73 Å². The fourth-order valence-electron chi connectivity index (χ4n) is 3.12. The Morgan fingerprint density at radius 1 is 1.11 bits per heavy atom. The van der Waals surface area contributed by atoms with Crippen molar-refractivity contribution >= 4 is 0 Å². The van der Waals surface area contributed by atoms with Crippen LogP contribution in [0.1, 0.15) is 66.2 Å². The van der Waals surface area contributed by atoms with E-state index in [1.807, 2.05) is 0 Å². The Labute approximate surface area is 119 Å². The highest BCUT2D eigenvalue weighted by atomic mass is 16.5. The van der Waals surface area contributed by atoms with Crippen molar-refractivity contribution in [3.05, 3.63) is 0 Å². The highest BCUT2D eigenvalue weighted by Crippen LogP contribution is 2.26. The Bertz CT molecular complexity index is 237. The van der Waals surface area contributed by atoms with Crippen molar-refractivity contribution in [1.29, 1.82) is 0 Å². The number of unbranched alkanes of at least 4 members (excludes halogenated alkanes) is 4. The lowest BCUT2D eigenvalue weighted by atomic mass is 9.90. The minimum Gasteiger partial charge on any atom is -0.373 e. The highest BCUT2D eigenvalue weighted by molar-refractivity contribution is 4.91. The third-order valence-corrected chi connectivity index (χ3v) is 4.44. The van der Waals surface area contributed by atoms with Gasteiger partial charge in [-0.15, -0.1) is 0 Å². The average Bonchev–Trinajstić information content (AvgIpc) is 2.37. The van der Waals surface area contributed by atoms with Crippen LogP contribution in [-0.2, 0) is 4.74 Å². The smallest absolute Gasteiger partial charge is 0.0678 e. The molecule has 1 fully saturated rings. The molecular weight excluding hydrogens is 236 g/mol. The molecule has 1 unspecified atom stereocenters. The second kappa shape index (κ2) is 8.23. The van der Waals surface area contributed by atoms with Crippen molar-refractivity contribution < 1.29 is 4.74 Å². The zero-order chi connectivity index (χ0) is 14.3. The Balaban J connectivity index is 2.43. The molecule has 0 spiro atoms. The summed E-state index contributed by atoms with van der Waals surface area (Å²) in [5.74, 6) is 0. The molecule has 1 saturated heterocycles. The normalized spacial score (nSPS) is 28.3. The van der Waals surface area contributed by atoms with Crippen molar-refractivity contribution in [2.45, 2.75) is 84.0 Å². The number of nitrogens with two attached hydrogens (primary N) is 1. The Kier molecular flexibility index (Phi) is 7.33. The molecule has 19 heavy (non-hydrogen) atoms. The SMILES string of the molecule is CCCCCCCC(C)(CN)N1C[C@@H](C)O[C@@H](C)C1. The van der Waals surface area contributed by atoms with Crippen molar-refractivity contribution in [3.63, 3.8) is 0 Å². The van der Waals surface area contributed by atoms with Gasteiger partial charge in [0, 0.05) is 25.2 Å². The number of nitrogens with zero attached hydrogens (tertiary/aromatic N) is 1. The fourth-order valence-corrected chi connectivity index (χ4v) is 3.12. The quantitative estimate of drug-likeness (QED) is 0.689. The Morgan fingerprint density at radius 3 is 2.21 bits per heavy atom. The summed E-state index contributed by atoms with van der Waals surface area (Å²) in [4.78, 5) is 2.56. The van der Waals surface area contributed by atoms with Crippen LogP contribution in [0.25, 0.3) is 0 Å². The molecule has 1 heterocycles. The number of hydrogen-bond acceptors (Lipinski definition) is 3. The molecule has 1 aliphatic rings. The van der Waals surface area contributed by atoms with Crippen LogP contribution in [0.4, 0.5) is 0 Å². The van der Waals surface area contributed by atoms with Gasteiger partial charge in [-0.25, -0.2) is 0 Å². The lowest BCUT2D eigenvalue weighted by Gasteiger charge is -2.46. The number of morpholine rings is 1. The molecule has 3 heteroatoms. The third-order valence-electron chi connectivity index (χ3n) is 4.44. The molecular formula is C16H34N2O. The molecule has 0 radical (unpaired) electrons. The molecule has 2 N–H and O–H groups in total. The fraction of sp³-hybridized carbons (Fsp3) is 1.00. The highest BCUT2D eigenvalue weighted by Gasteiger charge is 2.35. The van der Waals surface area contributed by atoms with Crippen LogP contribution in [-0.4, -0.2) is 42.3 Å². The molecule has 3 nitrogen and oxygen atoms in total. The minimum atomic E-state index is 0.151. The Morgan fingerprint density at radius 2 is 1.68 bits per heavy atom. The molecule has 0 aromatic rings. The van der Waals surface area contributed by atoms with E-state index in [-0.39, 0.29) is 5.54 Å². The molecule has 0 aromatic carbocycles. The van der Waals surface area contributed by atoms with E-state index in [0.717, 1.165) is 19.6 Å². The topological polar surface area (TPSA) is 38.5 Å². The second-order valence-electron chi connectivity index (χ2n) is 6.53. The van der Waals surface area contributed by atoms with Crippen LogP contribution in [0, 0.1) is 0 Å². The lowest BCUT2D eigenvalue weighted by molar-refractivity contribution is -0.0991. The largest absolute Gasteiger partial charge is 0.373 e. The van der Waals surface area contributed by atoms with E-state index in [2.05, 4.69) is 32.6 Å². The van der Waals surface area contributed by atoms with Crippen molar-refractivity contribution in [1.82, 2.24) is 4.90 Å². The zero-order valence-electron chi connectivity index (χ0n) is 13.5. The van der Waals surface area contributed by atoms with Crippen LogP contribution in [0.3, 0.4) is 0 Å². The van der Waals surface area contributed by atoms with Crippen LogP contribution in [0.5, 0.6) is 0 Å². The summed E-state index contributed by atoms with van der Waals surface area (Å²) in [5.41, 5.74) is 6.24. The predicted octanol–water partition coefficient (Wildman–Crippen LogP) is 3.17. The maximum atomic E-state index is 6.09. The first kappa shape index (κ1) is 16.9. The van der Waals surface area contributed by atoms with Crippen molar-refractivity contribution in [3.8, 4) is 0 Å². The predicted molar refractivity (Wildman–Crippen MR) is 82.4 cm³/mol. The van der Waals surface area contributed by atoms with Crippen LogP contribution >= 0.6 is 0 Å². The van der Waals surface area contributed by atoms with E-state index in [1.54, 1.807) is 0 Å². The third kappa shape index (κ3) is 5.41. The van der Waals surface area contributed by atoms with Crippen LogP contribution in [0.2, 0.25) is 0 Å². The molecule has 114 valence electrons. The van der Waals surface area contributed by atoms with Gasteiger partial charge in [-0.3, -0.25) is 4.90 Å². The van der Waals surface area contributed by atoms with Gasteiger partial charge in [0.2, 0.25) is 0 Å². The van der Waals surface area contributed by atoms with E-state index < -0.39 is 0 Å². The summed E-state index contributed by atoms with van der Waals surface area (Å²) < 4.78 is 5.83. The zero-order valence-corrected chi connectivity index (χ0v) is 13.5. The van der Waals surface area contributed by atoms with Crippen LogP contribution in [0.15, 0.2) is 0 Å². The van der Waals surface area contributed by atoms with E-state index >= 15 is 0 Å². The summed E-state index contributed by atoms with van der Waals surface area (Å²) in [7, 11) is 0. The first-order valence-corrected chi connectivity index (χ1v) is 8.12. The van der Waals surface area contributed by atoms with E-state index in [0.29, 0.717) is 12.2 Å². The molecule has 1 rings (SSSR count). The van der Waals surface area contributed by atoms with Crippen molar-refractivity contribution in [2.75, 3.05) is 19.6 Å². The van der Waals surface area contributed by atoms with Gasteiger partial charge in [0.1, 0.15) is 0 Å². The molecule has 3 atom stereocenters.